The Bertz CT molecular complexity index is 554. The smallest absolute Gasteiger partial charge is 0.237 e. The molecule has 0 spiro atoms. The molecular formula is C20H30N2O2. The number of hydrogen-bond acceptors (Lipinski definition) is 3. The summed E-state index contributed by atoms with van der Waals surface area (Å²) in [4.78, 5) is 14.9. The van der Waals surface area contributed by atoms with Gasteiger partial charge in [0.2, 0.25) is 5.91 Å². The molecule has 2 atom stereocenters. The van der Waals surface area contributed by atoms with Gasteiger partial charge in [0.25, 0.3) is 0 Å². The van der Waals surface area contributed by atoms with E-state index in [1.165, 1.54) is 32.1 Å². The van der Waals surface area contributed by atoms with E-state index in [0.29, 0.717) is 6.61 Å². The molecule has 0 radical (unpaired) electrons. The molecule has 0 aromatic heterocycles. The van der Waals surface area contributed by atoms with Crippen LogP contribution >= 0.6 is 0 Å². The van der Waals surface area contributed by atoms with Crippen LogP contribution < -0.4 is 10.1 Å². The molecule has 24 heavy (non-hydrogen) atoms. The summed E-state index contributed by atoms with van der Waals surface area (Å²) in [5, 5.41) is 3.23. The van der Waals surface area contributed by atoms with E-state index in [2.05, 4.69) is 23.3 Å². The van der Waals surface area contributed by atoms with Crippen molar-refractivity contribution in [3.05, 3.63) is 29.8 Å². The average molecular weight is 330 g/mol. The van der Waals surface area contributed by atoms with Gasteiger partial charge in [0.15, 0.2) is 0 Å². The van der Waals surface area contributed by atoms with Crippen molar-refractivity contribution in [2.75, 3.05) is 20.2 Å². The summed E-state index contributed by atoms with van der Waals surface area (Å²) in [6, 6.07) is 7.98. The first-order chi connectivity index (χ1) is 11.6. The summed E-state index contributed by atoms with van der Waals surface area (Å²) in [6.07, 6.45) is 7.52. The number of hydrogen-bond donors (Lipinski definition) is 1. The van der Waals surface area contributed by atoms with Gasteiger partial charge in [-0.15, -0.1) is 0 Å². The van der Waals surface area contributed by atoms with Crippen molar-refractivity contribution in [2.24, 2.45) is 5.92 Å². The van der Waals surface area contributed by atoms with Crippen LogP contribution in [0, 0.1) is 5.92 Å². The molecule has 3 rings (SSSR count). The SMILES string of the molecule is CC(C(=O)NC1CCOc2ccccc21)N(C)CC1CCCCC1. The molecular weight excluding hydrogens is 300 g/mol. The van der Waals surface area contributed by atoms with Crippen molar-refractivity contribution in [1.82, 2.24) is 10.2 Å². The van der Waals surface area contributed by atoms with Crippen molar-refractivity contribution in [1.29, 1.82) is 0 Å². The molecule has 4 nitrogen and oxygen atoms in total. The first-order valence-electron chi connectivity index (χ1n) is 9.37. The molecule has 1 heterocycles. The molecule has 1 saturated carbocycles. The number of ether oxygens (including phenoxy) is 1. The Balaban J connectivity index is 1.56. The first kappa shape index (κ1) is 17.3. The van der Waals surface area contributed by atoms with Gasteiger partial charge in [-0.2, -0.15) is 0 Å². The Morgan fingerprint density at radius 3 is 2.79 bits per heavy atom. The van der Waals surface area contributed by atoms with E-state index in [0.717, 1.165) is 30.2 Å². The Hall–Kier alpha value is -1.55. The van der Waals surface area contributed by atoms with Crippen LogP contribution in [0.4, 0.5) is 0 Å². The fraction of sp³-hybridized carbons (Fsp3) is 0.650. The van der Waals surface area contributed by atoms with Crippen LogP contribution in [0.2, 0.25) is 0 Å². The highest BCUT2D eigenvalue weighted by molar-refractivity contribution is 5.81. The third-order valence-corrected chi connectivity index (χ3v) is 5.59. The summed E-state index contributed by atoms with van der Waals surface area (Å²) in [5.41, 5.74) is 1.10. The topological polar surface area (TPSA) is 41.6 Å². The van der Waals surface area contributed by atoms with Crippen LogP contribution in [0.15, 0.2) is 24.3 Å². The van der Waals surface area contributed by atoms with E-state index in [1.807, 2.05) is 25.1 Å². The minimum absolute atomic E-state index is 0.0629. The second-order valence-corrected chi connectivity index (χ2v) is 7.36. The van der Waals surface area contributed by atoms with Crippen LogP contribution in [-0.2, 0) is 4.79 Å². The molecule has 0 saturated heterocycles. The zero-order valence-electron chi connectivity index (χ0n) is 15.0. The zero-order chi connectivity index (χ0) is 16.9. The Morgan fingerprint density at radius 2 is 2.00 bits per heavy atom. The minimum Gasteiger partial charge on any atom is -0.493 e. The van der Waals surface area contributed by atoms with Gasteiger partial charge < -0.3 is 10.1 Å². The van der Waals surface area contributed by atoms with Crippen LogP contribution in [0.5, 0.6) is 5.75 Å². The predicted octanol–water partition coefficient (Wildman–Crippen LogP) is 3.53. The number of carbonyl (C=O) groups is 1. The number of benzene rings is 1. The molecule has 1 aliphatic carbocycles. The molecule has 1 aliphatic heterocycles. The molecule has 1 aromatic carbocycles. The lowest BCUT2D eigenvalue weighted by Crippen LogP contribution is -2.46. The molecule has 2 unspecified atom stereocenters. The second-order valence-electron chi connectivity index (χ2n) is 7.36. The maximum Gasteiger partial charge on any atom is 0.237 e. The van der Waals surface area contributed by atoms with Gasteiger partial charge in [0.1, 0.15) is 5.75 Å². The average Bonchev–Trinajstić information content (AvgIpc) is 2.62. The largest absolute Gasteiger partial charge is 0.493 e. The maximum atomic E-state index is 12.7. The van der Waals surface area contributed by atoms with Gasteiger partial charge in [-0.3, -0.25) is 9.69 Å². The van der Waals surface area contributed by atoms with Gasteiger partial charge in [0.05, 0.1) is 18.7 Å². The summed E-state index contributed by atoms with van der Waals surface area (Å²) in [7, 11) is 2.08. The Morgan fingerprint density at radius 1 is 1.25 bits per heavy atom. The fourth-order valence-electron chi connectivity index (χ4n) is 3.92. The van der Waals surface area contributed by atoms with Crippen molar-refractivity contribution < 1.29 is 9.53 Å². The van der Waals surface area contributed by atoms with Crippen molar-refractivity contribution in [3.63, 3.8) is 0 Å². The second kappa shape index (κ2) is 8.02. The van der Waals surface area contributed by atoms with Gasteiger partial charge in [-0.25, -0.2) is 0 Å². The predicted molar refractivity (Wildman–Crippen MR) is 96.1 cm³/mol. The number of nitrogens with zero attached hydrogens (tertiary/aromatic N) is 1. The van der Waals surface area contributed by atoms with Crippen molar-refractivity contribution >= 4 is 5.91 Å². The third kappa shape index (κ3) is 4.10. The molecule has 1 N–H and O–H groups in total. The summed E-state index contributed by atoms with van der Waals surface area (Å²) < 4.78 is 5.68. The number of para-hydroxylation sites is 1. The van der Waals surface area contributed by atoms with E-state index >= 15 is 0 Å². The standard InChI is InChI=1S/C20H30N2O2/c1-15(22(2)14-16-8-4-3-5-9-16)20(23)21-18-12-13-24-19-11-7-6-10-17(18)19/h6-7,10-11,15-16,18H,3-5,8-9,12-14H2,1-2H3,(H,21,23). The number of fused-ring (bicyclic) bond motifs is 1. The number of rotatable bonds is 5. The normalized spacial score (nSPS) is 22.5. The van der Waals surface area contributed by atoms with E-state index in [1.54, 1.807) is 0 Å². The lowest BCUT2D eigenvalue weighted by molar-refractivity contribution is -0.126. The molecule has 1 aromatic rings. The number of amides is 1. The quantitative estimate of drug-likeness (QED) is 0.898. The third-order valence-electron chi connectivity index (χ3n) is 5.59. The van der Waals surface area contributed by atoms with Gasteiger partial charge in [0, 0.05) is 18.5 Å². The van der Waals surface area contributed by atoms with E-state index in [4.69, 9.17) is 4.74 Å². The molecule has 2 aliphatic rings. The lowest BCUT2D eigenvalue weighted by Gasteiger charge is -2.32. The van der Waals surface area contributed by atoms with E-state index in [-0.39, 0.29) is 18.0 Å². The van der Waals surface area contributed by atoms with Gasteiger partial charge in [-0.05, 0) is 38.8 Å². The van der Waals surface area contributed by atoms with Crippen LogP contribution in [0.1, 0.15) is 57.1 Å². The summed E-state index contributed by atoms with van der Waals surface area (Å²) >= 11 is 0. The van der Waals surface area contributed by atoms with E-state index < -0.39 is 0 Å². The van der Waals surface area contributed by atoms with Crippen LogP contribution in [-0.4, -0.2) is 37.0 Å². The highest BCUT2D eigenvalue weighted by Gasteiger charge is 2.27. The highest BCUT2D eigenvalue weighted by atomic mass is 16.5. The van der Waals surface area contributed by atoms with Crippen molar-refractivity contribution in [2.45, 2.75) is 57.5 Å². The number of nitrogens with one attached hydrogen (secondary N) is 1. The molecule has 1 fully saturated rings. The van der Waals surface area contributed by atoms with Crippen LogP contribution in [0.3, 0.4) is 0 Å². The molecule has 0 bridgehead atoms. The molecule has 132 valence electrons. The van der Waals surface area contributed by atoms with Crippen molar-refractivity contribution in [3.8, 4) is 5.75 Å². The number of likely N-dealkylation sites (N-methyl/N-ethyl adjacent to an activating group) is 1. The van der Waals surface area contributed by atoms with Gasteiger partial charge in [-0.1, -0.05) is 37.5 Å². The first-order valence-corrected chi connectivity index (χ1v) is 9.37. The zero-order valence-corrected chi connectivity index (χ0v) is 15.0. The fourth-order valence-corrected chi connectivity index (χ4v) is 3.92. The van der Waals surface area contributed by atoms with E-state index in [9.17, 15) is 4.79 Å². The summed E-state index contributed by atoms with van der Waals surface area (Å²) in [5.74, 6) is 1.77. The minimum atomic E-state index is -0.0954. The Labute approximate surface area is 145 Å². The van der Waals surface area contributed by atoms with Crippen LogP contribution in [0.25, 0.3) is 0 Å². The molecule has 1 amide bonds. The molecule has 4 heteroatoms. The lowest BCUT2D eigenvalue weighted by atomic mass is 9.89. The number of carbonyl (C=O) groups excluding carboxylic acids is 1. The maximum absolute atomic E-state index is 12.7. The monoisotopic (exact) mass is 330 g/mol. The highest BCUT2D eigenvalue weighted by Crippen LogP contribution is 2.31. The van der Waals surface area contributed by atoms with Gasteiger partial charge >= 0.3 is 0 Å². The summed E-state index contributed by atoms with van der Waals surface area (Å²) in [6.45, 7) is 3.70. The Kier molecular flexibility index (Phi) is 5.77.